The fourth-order valence-electron chi connectivity index (χ4n) is 2.27. The van der Waals surface area contributed by atoms with Gasteiger partial charge in [0.25, 0.3) is 0 Å². The number of nitrogens with two attached hydrogens (primary N) is 1. The van der Waals surface area contributed by atoms with Crippen molar-refractivity contribution in [2.24, 2.45) is 5.73 Å². The van der Waals surface area contributed by atoms with Crippen molar-refractivity contribution in [3.8, 4) is 0 Å². The summed E-state index contributed by atoms with van der Waals surface area (Å²) >= 11 is 0. The van der Waals surface area contributed by atoms with Crippen LogP contribution in [0.2, 0.25) is 0 Å². The molecule has 1 aliphatic rings. The van der Waals surface area contributed by atoms with Crippen molar-refractivity contribution < 1.29 is 4.74 Å². The quantitative estimate of drug-likeness (QED) is 0.620. The van der Waals surface area contributed by atoms with Crippen LogP contribution >= 0.6 is 0 Å². The van der Waals surface area contributed by atoms with Crippen LogP contribution in [-0.4, -0.2) is 33.5 Å². The summed E-state index contributed by atoms with van der Waals surface area (Å²) in [5, 5.41) is 4.49. The van der Waals surface area contributed by atoms with E-state index in [-0.39, 0.29) is 6.10 Å². The third-order valence-electron chi connectivity index (χ3n) is 3.37. The molecular weight excluding hydrogens is 236 g/mol. The molecule has 7 nitrogen and oxygen atoms in total. The Balaban J connectivity index is 1.67. The lowest BCUT2D eigenvalue weighted by Gasteiger charge is -2.26. The van der Waals surface area contributed by atoms with E-state index in [1.54, 1.807) is 0 Å². The second-order valence-electron chi connectivity index (χ2n) is 4.77. The topological polar surface area (TPSA) is 106 Å². The highest BCUT2D eigenvalue weighted by Crippen LogP contribution is 2.19. The molecule has 0 radical (unpaired) electrons. The number of aromatic amines is 2. The molecule has 102 valence electrons. The average Bonchev–Trinajstić information content (AvgIpc) is 2.68. The number of H-pyrrole nitrogens is 2. The first kappa shape index (κ1) is 13.1. The highest BCUT2D eigenvalue weighted by atomic mass is 16.5. The van der Waals surface area contributed by atoms with Crippen molar-refractivity contribution in [3.05, 3.63) is 21.0 Å². The normalized spacial score (nSPS) is 24.3. The van der Waals surface area contributed by atoms with Gasteiger partial charge in [0.1, 0.15) is 0 Å². The van der Waals surface area contributed by atoms with E-state index in [2.05, 4.69) is 10.2 Å². The van der Waals surface area contributed by atoms with E-state index >= 15 is 0 Å². The Morgan fingerprint density at radius 3 is 2.39 bits per heavy atom. The van der Waals surface area contributed by atoms with Crippen LogP contribution in [0.1, 0.15) is 32.1 Å². The minimum Gasteiger partial charge on any atom is -0.378 e. The van der Waals surface area contributed by atoms with Gasteiger partial charge in [-0.2, -0.15) is 0 Å². The molecule has 4 N–H and O–H groups in total. The standard InChI is InChI=1S/C11H20N4O3/c12-8-2-4-9(5-3-8)18-7-1-6-15-10(16)13-14-11(15)17/h8-9H,1-7,12H2,(H,13,16)(H,14,17). The molecule has 0 amide bonds. The van der Waals surface area contributed by atoms with E-state index in [1.807, 2.05) is 0 Å². The van der Waals surface area contributed by atoms with Crippen LogP contribution in [0.5, 0.6) is 0 Å². The van der Waals surface area contributed by atoms with E-state index in [1.165, 1.54) is 0 Å². The summed E-state index contributed by atoms with van der Waals surface area (Å²) in [4.78, 5) is 22.4. The predicted octanol–water partition coefficient (Wildman–Crippen LogP) is -0.459. The summed E-state index contributed by atoms with van der Waals surface area (Å²) in [6, 6.07) is 0.321. The number of hydrogen-bond acceptors (Lipinski definition) is 4. The van der Waals surface area contributed by atoms with Crippen molar-refractivity contribution in [2.75, 3.05) is 6.61 Å². The predicted molar refractivity (Wildman–Crippen MR) is 66.5 cm³/mol. The maximum atomic E-state index is 11.2. The molecule has 0 atom stereocenters. The third-order valence-corrected chi connectivity index (χ3v) is 3.37. The van der Waals surface area contributed by atoms with Crippen LogP contribution in [0.25, 0.3) is 0 Å². The average molecular weight is 256 g/mol. The number of rotatable bonds is 5. The highest BCUT2D eigenvalue weighted by Gasteiger charge is 2.18. The van der Waals surface area contributed by atoms with Crippen molar-refractivity contribution >= 4 is 0 Å². The monoisotopic (exact) mass is 256 g/mol. The third kappa shape index (κ3) is 3.33. The molecule has 0 spiro atoms. The molecule has 0 aliphatic heterocycles. The van der Waals surface area contributed by atoms with Gasteiger partial charge in [-0.05, 0) is 32.1 Å². The Morgan fingerprint density at radius 2 is 1.78 bits per heavy atom. The maximum Gasteiger partial charge on any atom is 0.344 e. The molecule has 1 fully saturated rings. The van der Waals surface area contributed by atoms with Crippen LogP contribution in [0.15, 0.2) is 9.59 Å². The smallest absolute Gasteiger partial charge is 0.344 e. The van der Waals surface area contributed by atoms with Crippen molar-refractivity contribution in [1.29, 1.82) is 0 Å². The van der Waals surface area contributed by atoms with E-state index in [4.69, 9.17) is 10.5 Å². The Morgan fingerprint density at radius 1 is 1.17 bits per heavy atom. The van der Waals surface area contributed by atoms with Gasteiger partial charge in [-0.15, -0.1) is 0 Å². The van der Waals surface area contributed by atoms with Gasteiger partial charge in [0.15, 0.2) is 0 Å². The molecule has 7 heteroatoms. The summed E-state index contributed by atoms with van der Waals surface area (Å²) in [5.41, 5.74) is 5.02. The second kappa shape index (κ2) is 6.01. The lowest BCUT2D eigenvalue weighted by molar-refractivity contribution is 0.0224. The van der Waals surface area contributed by atoms with E-state index in [0.29, 0.717) is 25.6 Å². The first-order chi connectivity index (χ1) is 8.66. The van der Waals surface area contributed by atoms with Gasteiger partial charge in [0, 0.05) is 19.2 Å². The molecule has 0 unspecified atom stereocenters. The van der Waals surface area contributed by atoms with Crippen LogP contribution < -0.4 is 17.1 Å². The first-order valence-electron chi connectivity index (χ1n) is 6.41. The van der Waals surface area contributed by atoms with Crippen molar-refractivity contribution in [3.63, 3.8) is 0 Å². The van der Waals surface area contributed by atoms with Gasteiger partial charge in [-0.1, -0.05) is 0 Å². The van der Waals surface area contributed by atoms with Gasteiger partial charge in [0.2, 0.25) is 0 Å². The van der Waals surface area contributed by atoms with Crippen LogP contribution in [0.3, 0.4) is 0 Å². The zero-order valence-corrected chi connectivity index (χ0v) is 10.4. The number of nitrogens with one attached hydrogen (secondary N) is 2. The van der Waals surface area contributed by atoms with E-state index in [0.717, 1.165) is 30.3 Å². The Labute approximate surface area is 104 Å². The first-order valence-corrected chi connectivity index (χ1v) is 6.41. The van der Waals surface area contributed by atoms with E-state index in [9.17, 15) is 9.59 Å². The Bertz CT molecular complexity index is 440. The van der Waals surface area contributed by atoms with Crippen molar-refractivity contribution in [2.45, 2.75) is 50.8 Å². The zero-order chi connectivity index (χ0) is 13.0. The summed E-state index contributed by atoms with van der Waals surface area (Å²) in [6.45, 7) is 0.945. The molecule has 1 saturated carbocycles. The molecule has 18 heavy (non-hydrogen) atoms. The molecule has 2 rings (SSSR count). The molecule has 1 aromatic heterocycles. The SMILES string of the molecule is NC1CCC(OCCCn2c(=O)[nH][nH]c2=O)CC1. The van der Waals surface area contributed by atoms with E-state index < -0.39 is 11.4 Å². The summed E-state index contributed by atoms with van der Waals surface area (Å²) in [5.74, 6) is 0. The molecular formula is C11H20N4O3. The van der Waals surface area contributed by atoms with Crippen LogP contribution in [0, 0.1) is 0 Å². The zero-order valence-electron chi connectivity index (χ0n) is 10.4. The fourth-order valence-corrected chi connectivity index (χ4v) is 2.27. The molecule has 0 bridgehead atoms. The summed E-state index contributed by atoms with van der Waals surface area (Å²) in [6.07, 6.45) is 4.98. The van der Waals surface area contributed by atoms with Crippen LogP contribution in [0.4, 0.5) is 0 Å². The minimum absolute atomic E-state index is 0.283. The fraction of sp³-hybridized carbons (Fsp3) is 0.818. The summed E-state index contributed by atoms with van der Waals surface area (Å²) in [7, 11) is 0. The Kier molecular flexibility index (Phi) is 4.38. The number of nitrogens with zero attached hydrogens (tertiary/aromatic N) is 1. The lowest BCUT2D eigenvalue weighted by Crippen LogP contribution is -2.31. The molecule has 1 aromatic rings. The lowest BCUT2D eigenvalue weighted by atomic mass is 9.94. The second-order valence-corrected chi connectivity index (χ2v) is 4.77. The number of ether oxygens (including phenoxy) is 1. The molecule has 1 heterocycles. The highest BCUT2D eigenvalue weighted by molar-refractivity contribution is 4.74. The molecule has 1 aliphatic carbocycles. The van der Waals surface area contributed by atoms with Crippen LogP contribution in [-0.2, 0) is 11.3 Å². The van der Waals surface area contributed by atoms with Gasteiger partial charge in [0.05, 0.1) is 6.10 Å². The summed E-state index contributed by atoms with van der Waals surface area (Å²) < 4.78 is 6.85. The number of aromatic nitrogens is 3. The maximum absolute atomic E-state index is 11.2. The van der Waals surface area contributed by atoms with Gasteiger partial charge in [-0.3, -0.25) is 0 Å². The molecule has 0 saturated heterocycles. The van der Waals surface area contributed by atoms with Gasteiger partial charge < -0.3 is 10.5 Å². The van der Waals surface area contributed by atoms with Crippen molar-refractivity contribution in [1.82, 2.24) is 14.8 Å². The van der Waals surface area contributed by atoms with Gasteiger partial charge in [-0.25, -0.2) is 24.4 Å². The molecule has 0 aromatic carbocycles. The van der Waals surface area contributed by atoms with Gasteiger partial charge >= 0.3 is 11.4 Å². The minimum atomic E-state index is -0.399. The largest absolute Gasteiger partial charge is 0.378 e. The Hall–Kier alpha value is -1.34. The number of hydrogen-bond donors (Lipinski definition) is 3.